The highest BCUT2D eigenvalue weighted by Gasteiger charge is 2.54. The van der Waals surface area contributed by atoms with Crippen LogP contribution in [0.15, 0.2) is 89.8 Å². The lowest BCUT2D eigenvalue weighted by Gasteiger charge is -2.44. The fourth-order valence-electron chi connectivity index (χ4n) is 5.13. The van der Waals surface area contributed by atoms with Gasteiger partial charge < -0.3 is 9.53 Å². The summed E-state index contributed by atoms with van der Waals surface area (Å²) in [5.74, 6) is -1.17. The van der Waals surface area contributed by atoms with Crippen LogP contribution in [0.2, 0.25) is 5.04 Å². The summed E-state index contributed by atoms with van der Waals surface area (Å²) in [6, 6.07) is 25.4. The van der Waals surface area contributed by atoms with Crippen LogP contribution >= 0.6 is 0 Å². The maximum absolute atomic E-state index is 13.5. The third-order valence-electron chi connectivity index (χ3n) is 6.89. The van der Waals surface area contributed by atoms with Crippen LogP contribution in [-0.2, 0) is 19.2 Å². The van der Waals surface area contributed by atoms with Gasteiger partial charge in [-0.05, 0) is 34.5 Å². The molecule has 0 radical (unpaired) electrons. The highest BCUT2D eigenvalue weighted by atomic mass is 32.2. The number of hydrogen-bond donors (Lipinski definition) is 1. The number of rotatable bonds is 7. The number of aliphatic carboxylic acids is 1. The van der Waals surface area contributed by atoms with Gasteiger partial charge in [-0.3, -0.25) is 4.79 Å². The Balaban J connectivity index is 1.78. The van der Waals surface area contributed by atoms with Crippen LogP contribution in [-0.4, -0.2) is 50.8 Å². The summed E-state index contributed by atoms with van der Waals surface area (Å²) in [6.45, 7) is 8.29. The van der Waals surface area contributed by atoms with Crippen molar-refractivity contribution in [2.24, 2.45) is 0 Å². The minimum absolute atomic E-state index is 0.0162. The molecule has 0 amide bonds. The first-order valence-corrected chi connectivity index (χ1v) is 15.4. The highest BCUT2D eigenvalue weighted by Crippen LogP contribution is 2.39. The van der Waals surface area contributed by atoms with Crippen molar-refractivity contribution in [3.8, 4) is 0 Å². The molecule has 0 aromatic heterocycles. The monoisotopic (exact) mass is 523 g/mol. The third kappa shape index (κ3) is 4.78. The van der Waals surface area contributed by atoms with Gasteiger partial charge in [0, 0.05) is 13.0 Å². The molecular weight excluding hydrogens is 490 g/mol. The number of aryl methyl sites for hydroxylation is 1. The molecule has 6 nitrogen and oxygen atoms in total. The number of benzene rings is 3. The molecule has 190 valence electrons. The van der Waals surface area contributed by atoms with Gasteiger partial charge >= 0.3 is 5.97 Å². The SMILES string of the molecule is Cc1ccc(S(=O)(=O)N2CC(O[Si](c3ccccc3)(c3ccccc3)C(C)(C)C)CC2C(=O)O)cc1. The number of sulfonamides is 1. The Morgan fingerprint density at radius 1 is 0.917 bits per heavy atom. The zero-order chi connectivity index (χ0) is 26.1. The first-order valence-electron chi connectivity index (χ1n) is 12.1. The standard InChI is InChI=1S/C28H33NO5SSi/c1-21-15-17-23(18-16-21)35(32,33)29-20-22(19-26(29)27(30)31)34-36(28(2,3)4,24-11-7-5-8-12-24)25-13-9-6-10-14-25/h5-18,22,26H,19-20H2,1-4H3,(H,30,31). The second kappa shape index (κ2) is 9.93. The first kappa shape index (κ1) is 26.3. The van der Waals surface area contributed by atoms with Crippen LogP contribution in [0.5, 0.6) is 0 Å². The molecule has 36 heavy (non-hydrogen) atoms. The molecule has 1 N–H and O–H groups in total. The second-order valence-electron chi connectivity index (χ2n) is 10.4. The van der Waals surface area contributed by atoms with Gasteiger partial charge in [-0.25, -0.2) is 8.42 Å². The molecule has 0 spiro atoms. The van der Waals surface area contributed by atoms with Crippen molar-refractivity contribution < 1.29 is 22.7 Å². The molecule has 1 saturated heterocycles. The van der Waals surface area contributed by atoms with E-state index in [9.17, 15) is 18.3 Å². The average molecular weight is 524 g/mol. The van der Waals surface area contributed by atoms with Gasteiger partial charge in [0.25, 0.3) is 8.32 Å². The smallest absolute Gasteiger partial charge is 0.322 e. The molecule has 2 unspecified atom stereocenters. The molecule has 3 aromatic rings. The molecule has 3 aromatic carbocycles. The fourth-order valence-corrected chi connectivity index (χ4v) is 11.4. The van der Waals surface area contributed by atoms with E-state index in [4.69, 9.17) is 4.43 Å². The summed E-state index contributed by atoms with van der Waals surface area (Å²) < 4.78 is 35.2. The largest absolute Gasteiger partial charge is 0.480 e. The van der Waals surface area contributed by atoms with Crippen molar-refractivity contribution in [1.29, 1.82) is 0 Å². The topological polar surface area (TPSA) is 83.9 Å². The minimum Gasteiger partial charge on any atom is -0.480 e. The van der Waals surface area contributed by atoms with Crippen LogP contribution in [0.4, 0.5) is 0 Å². The van der Waals surface area contributed by atoms with Gasteiger partial charge in [0.05, 0.1) is 11.0 Å². The predicted molar refractivity (Wildman–Crippen MR) is 144 cm³/mol. The van der Waals surface area contributed by atoms with E-state index in [0.717, 1.165) is 20.2 Å². The maximum atomic E-state index is 13.5. The molecule has 0 aliphatic carbocycles. The molecule has 1 aliphatic heterocycles. The van der Waals surface area contributed by atoms with Crippen molar-refractivity contribution in [2.75, 3.05) is 6.54 Å². The van der Waals surface area contributed by atoms with Gasteiger partial charge in [-0.15, -0.1) is 0 Å². The van der Waals surface area contributed by atoms with Crippen molar-refractivity contribution >= 4 is 34.7 Å². The van der Waals surface area contributed by atoms with Crippen LogP contribution in [0.25, 0.3) is 0 Å². The van der Waals surface area contributed by atoms with E-state index in [-0.39, 0.29) is 22.9 Å². The summed E-state index contributed by atoms with van der Waals surface area (Å²) in [6.07, 6.45) is -0.483. The Labute approximate surface area is 214 Å². The van der Waals surface area contributed by atoms with Crippen LogP contribution in [0.3, 0.4) is 0 Å². The molecule has 4 rings (SSSR count). The van der Waals surface area contributed by atoms with Crippen LogP contribution in [0.1, 0.15) is 32.8 Å². The highest BCUT2D eigenvalue weighted by molar-refractivity contribution is 7.89. The van der Waals surface area contributed by atoms with Gasteiger partial charge in [0.2, 0.25) is 10.0 Å². The zero-order valence-electron chi connectivity index (χ0n) is 21.1. The second-order valence-corrected chi connectivity index (χ2v) is 16.5. The molecular formula is C28H33NO5SSi. The number of carboxylic acids is 1. The first-order chi connectivity index (χ1) is 17.0. The normalized spacial score (nSPS) is 19.3. The molecule has 1 heterocycles. The predicted octanol–water partition coefficient (Wildman–Crippen LogP) is 3.79. The third-order valence-corrected chi connectivity index (χ3v) is 13.9. The summed E-state index contributed by atoms with van der Waals surface area (Å²) in [5.41, 5.74) is 0.929. The van der Waals surface area contributed by atoms with E-state index in [1.54, 1.807) is 12.1 Å². The van der Waals surface area contributed by atoms with E-state index in [1.807, 2.05) is 43.3 Å². The average Bonchev–Trinajstić information content (AvgIpc) is 3.28. The Kier molecular flexibility index (Phi) is 7.25. The lowest BCUT2D eigenvalue weighted by atomic mass is 10.2. The van der Waals surface area contributed by atoms with Gasteiger partial charge in [-0.1, -0.05) is 99.1 Å². The van der Waals surface area contributed by atoms with Gasteiger partial charge in [0.15, 0.2) is 0 Å². The Morgan fingerprint density at radius 3 is 1.86 bits per heavy atom. The van der Waals surface area contributed by atoms with Crippen LogP contribution in [0, 0.1) is 6.92 Å². The zero-order valence-corrected chi connectivity index (χ0v) is 22.9. The van der Waals surface area contributed by atoms with Gasteiger partial charge in [0.1, 0.15) is 6.04 Å². The summed E-state index contributed by atoms with van der Waals surface area (Å²) >= 11 is 0. The fraction of sp³-hybridized carbons (Fsp3) is 0.321. The number of carbonyl (C=O) groups is 1. The molecule has 1 fully saturated rings. The Bertz CT molecular complexity index is 1270. The lowest BCUT2D eigenvalue weighted by molar-refractivity contribution is -0.140. The van der Waals surface area contributed by atoms with Crippen molar-refractivity contribution in [2.45, 2.75) is 56.2 Å². The summed E-state index contributed by atoms with van der Waals surface area (Å²) in [7, 11) is -6.98. The minimum atomic E-state index is -4.01. The molecule has 0 bridgehead atoms. The Hall–Kier alpha value is -2.78. The van der Waals surface area contributed by atoms with E-state index in [1.165, 1.54) is 12.1 Å². The van der Waals surface area contributed by atoms with Crippen LogP contribution < -0.4 is 10.4 Å². The van der Waals surface area contributed by atoms with E-state index >= 15 is 0 Å². The lowest BCUT2D eigenvalue weighted by Crippen LogP contribution is -2.67. The Morgan fingerprint density at radius 2 is 1.42 bits per heavy atom. The van der Waals surface area contributed by atoms with E-state index in [2.05, 4.69) is 45.0 Å². The van der Waals surface area contributed by atoms with Crippen molar-refractivity contribution in [3.63, 3.8) is 0 Å². The van der Waals surface area contributed by atoms with E-state index < -0.39 is 36.5 Å². The summed E-state index contributed by atoms with van der Waals surface area (Å²) in [4.78, 5) is 12.3. The van der Waals surface area contributed by atoms with Crippen molar-refractivity contribution in [3.05, 3.63) is 90.5 Å². The molecule has 0 saturated carbocycles. The summed E-state index contributed by atoms with van der Waals surface area (Å²) in [5, 5.41) is 11.8. The maximum Gasteiger partial charge on any atom is 0.322 e. The van der Waals surface area contributed by atoms with Crippen molar-refractivity contribution in [1.82, 2.24) is 4.31 Å². The molecule has 8 heteroatoms. The number of hydrogen-bond acceptors (Lipinski definition) is 4. The quantitative estimate of drug-likeness (QED) is 0.477. The molecule has 2 atom stereocenters. The van der Waals surface area contributed by atoms with Gasteiger partial charge in [-0.2, -0.15) is 4.31 Å². The number of carboxylic acid groups (broad SMARTS) is 1. The number of nitrogens with zero attached hydrogens (tertiary/aromatic N) is 1. The molecule has 1 aliphatic rings. The van der Waals surface area contributed by atoms with E-state index in [0.29, 0.717) is 0 Å².